The van der Waals surface area contributed by atoms with Crippen molar-refractivity contribution in [2.24, 2.45) is 5.92 Å². The monoisotopic (exact) mass is 239 g/mol. The van der Waals surface area contributed by atoms with Crippen molar-refractivity contribution in [2.75, 3.05) is 33.2 Å². The first kappa shape index (κ1) is 12.7. The predicted molar refractivity (Wildman–Crippen MR) is 69.0 cm³/mol. The highest BCUT2D eigenvalue weighted by Crippen LogP contribution is 2.22. The zero-order valence-corrected chi connectivity index (χ0v) is 11.1. The molecule has 2 unspecified atom stereocenters. The van der Waals surface area contributed by atoms with Crippen molar-refractivity contribution in [3.05, 3.63) is 0 Å². The first-order chi connectivity index (χ1) is 8.22. The molecule has 2 saturated heterocycles. The number of carbonyl (C=O) groups is 1. The number of piperidine rings is 1. The van der Waals surface area contributed by atoms with Gasteiger partial charge in [0.05, 0.1) is 0 Å². The second kappa shape index (κ2) is 5.71. The van der Waals surface area contributed by atoms with Gasteiger partial charge in [-0.1, -0.05) is 6.92 Å². The summed E-state index contributed by atoms with van der Waals surface area (Å²) >= 11 is 0. The summed E-state index contributed by atoms with van der Waals surface area (Å²) in [5.74, 6) is 0.665. The van der Waals surface area contributed by atoms with Crippen LogP contribution in [0.1, 0.15) is 32.6 Å². The molecule has 2 amide bonds. The van der Waals surface area contributed by atoms with Crippen molar-refractivity contribution in [3.8, 4) is 0 Å². The van der Waals surface area contributed by atoms with Crippen LogP contribution in [-0.2, 0) is 0 Å². The fourth-order valence-corrected chi connectivity index (χ4v) is 3.08. The minimum atomic E-state index is 0.273. The Hall–Kier alpha value is -0.770. The first-order valence-electron chi connectivity index (χ1n) is 6.92. The van der Waals surface area contributed by atoms with Gasteiger partial charge in [-0.05, 0) is 38.6 Å². The van der Waals surface area contributed by atoms with Crippen LogP contribution in [0.2, 0.25) is 0 Å². The van der Waals surface area contributed by atoms with Crippen LogP contribution in [0.25, 0.3) is 0 Å². The summed E-state index contributed by atoms with van der Waals surface area (Å²) in [6, 6.07) is 0.680. The molecule has 1 N–H and O–H groups in total. The van der Waals surface area contributed by atoms with E-state index in [1.165, 1.54) is 6.42 Å². The highest BCUT2D eigenvalue weighted by Gasteiger charge is 2.32. The van der Waals surface area contributed by atoms with Crippen molar-refractivity contribution in [3.63, 3.8) is 0 Å². The van der Waals surface area contributed by atoms with E-state index in [1.54, 1.807) is 0 Å². The van der Waals surface area contributed by atoms with E-state index in [1.807, 2.05) is 7.05 Å². The number of likely N-dealkylation sites (N-methyl/N-ethyl adjacent to an activating group) is 1. The molecule has 0 spiro atoms. The Morgan fingerprint density at radius 1 is 1.29 bits per heavy atom. The molecule has 98 valence electrons. The molecule has 2 aliphatic heterocycles. The van der Waals surface area contributed by atoms with Crippen molar-refractivity contribution < 1.29 is 4.79 Å². The first-order valence-corrected chi connectivity index (χ1v) is 6.92. The zero-order valence-electron chi connectivity index (χ0n) is 11.1. The topological polar surface area (TPSA) is 35.6 Å². The van der Waals surface area contributed by atoms with Crippen LogP contribution < -0.4 is 5.32 Å². The van der Waals surface area contributed by atoms with Crippen LogP contribution >= 0.6 is 0 Å². The summed E-state index contributed by atoms with van der Waals surface area (Å²) in [5, 5.41) is 3.19. The van der Waals surface area contributed by atoms with Gasteiger partial charge >= 0.3 is 6.03 Å². The van der Waals surface area contributed by atoms with Gasteiger partial charge < -0.3 is 15.1 Å². The maximum absolute atomic E-state index is 12.5. The van der Waals surface area contributed by atoms with Gasteiger partial charge in [0.2, 0.25) is 0 Å². The minimum Gasteiger partial charge on any atom is -0.324 e. The van der Waals surface area contributed by atoms with E-state index >= 15 is 0 Å². The Kier molecular flexibility index (Phi) is 4.26. The van der Waals surface area contributed by atoms with Gasteiger partial charge in [0.15, 0.2) is 0 Å². The summed E-state index contributed by atoms with van der Waals surface area (Å²) in [6.07, 6.45) is 4.73. The summed E-state index contributed by atoms with van der Waals surface area (Å²) < 4.78 is 0. The van der Waals surface area contributed by atoms with E-state index in [0.717, 1.165) is 45.4 Å². The number of hydrogen-bond acceptors (Lipinski definition) is 2. The highest BCUT2D eigenvalue weighted by molar-refractivity contribution is 5.75. The Morgan fingerprint density at radius 3 is 2.76 bits per heavy atom. The number of nitrogens with one attached hydrogen (secondary N) is 1. The molecular weight excluding hydrogens is 214 g/mol. The fraction of sp³-hybridized carbons (Fsp3) is 0.923. The van der Waals surface area contributed by atoms with E-state index in [-0.39, 0.29) is 6.03 Å². The second-order valence-corrected chi connectivity index (χ2v) is 5.52. The second-order valence-electron chi connectivity index (χ2n) is 5.52. The van der Waals surface area contributed by atoms with Gasteiger partial charge in [0, 0.05) is 32.2 Å². The van der Waals surface area contributed by atoms with Crippen LogP contribution in [0, 0.1) is 5.92 Å². The molecule has 2 atom stereocenters. The quantitative estimate of drug-likeness (QED) is 0.793. The van der Waals surface area contributed by atoms with Gasteiger partial charge in [0.1, 0.15) is 0 Å². The minimum absolute atomic E-state index is 0.273. The standard InChI is InChI=1S/C13H25N3O/c1-11-5-3-7-15(10-11)13(17)16-8-4-6-12(16)9-14-2/h11-12,14H,3-10H2,1-2H3. The molecule has 0 aromatic carbocycles. The van der Waals surface area contributed by atoms with Crippen LogP contribution in [0.4, 0.5) is 4.79 Å². The van der Waals surface area contributed by atoms with Crippen LogP contribution in [-0.4, -0.2) is 55.1 Å². The summed E-state index contributed by atoms with van der Waals surface area (Å²) in [6.45, 7) is 6.01. The molecule has 0 aromatic heterocycles. The lowest BCUT2D eigenvalue weighted by atomic mass is 10.0. The molecule has 0 radical (unpaired) electrons. The van der Waals surface area contributed by atoms with Crippen molar-refractivity contribution >= 4 is 6.03 Å². The van der Waals surface area contributed by atoms with Gasteiger partial charge in [-0.25, -0.2) is 4.79 Å². The normalized spacial score (nSPS) is 29.8. The van der Waals surface area contributed by atoms with E-state index < -0.39 is 0 Å². The average molecular weight is 239 g/mol. The Bertz CT molecular complexity index is 269. The van der Waals surface area contributed by atoms with Crippen molar-refractivity contribution in [2.45, 2.75) is 38.6 Å². The van der Waals surface area contributed by atoms with Crippen LogP contribution in [0.3, 0.4) is 0 Å². The van der Waals surface area contributed by atoms with Gasteiger partial charge in [-0.2, -0.15) is 0 Å². The maximum atomic E-state index is 12.5. The lowest BCUT2D eigenvalue weighted by molar-refractivity contribution is 0.127. The van der Waals surface area contributed by atoms with Crippen molar-refractivity contribution in [1.82, 2.24) is 15.1 Å². The predicted octanol–water partition coefficient (Wildman–Crippen LogP) is 1.52. The van der Waals surface area contributed by atoms with E-state index in [0.29, 0.717) is 12.0 Å². The molecule has 4 nitrogen and oxygen atoms in total. The Labute approximate surface area is 104 Å². The molecule has 17 heavy (non-hydrogen) atoms. The smallest absolute Gasteiger partial charge is 0.320 e. The summed E-state index contributed by atoms with van der Waals surface area (Å²) in [7, 11) is 1.96. The molecule has 4 heteroatoms. The largest absolute Gasteiger partial charge is 0.324 e. The number of amides is 2. The van der Waals surface area contributed by atoms with Gasteiger partial charge in [-0.3, -0.25) is 0 Å². The molecule has 2 heterocycles. The number of carbonyl (C=O) groups excluding carboxylic acids is 1. The SMILES string of the molecule is CNCC1CCCN1C(=O)N1CCCC(C)C1. The van der Waals surface area contributed by atoms with Crippen LogP contribution in [0.5, 0.6) is 0 Å². The highest BCUT2D eigenvalue weighted by atomic mass is 16.2. The molecule has 0 saturated carbocycles. The molecule has 0 bridgehead atoms. The van der Waals surface area contributed by atoms with E-state index in [9.17, 15) is 4.79 Å². The lowest BCUT2D eigenvalue weighted by Crippen LogP contribution is -2.50. The molecular formula is C13H25N3O. The summed E-state index contributed by atoms with van der Waals surface area (Å²) in [4.78, 5) is 16.6. The Balaban J connectivity index is 1.93. The number of rotatable bonds is 2. The molecule has 0 aromatic rings. The third-order valence-electron chi connectivity index (χ3n) is 3.99. The maximum Gasteiger partial charge on any atom is 0.320 e. The zero-order chi connectivity index (χ0) is 12.3. The molecule has 2 fully saturated rings. The van der Waals surface area contributed by atoms with E-state index in [4.69, 9.17) is 0 Å². The average Bonchev–Trinajstić information content (AvgIpc) is 2.77. The number of likely N-dealkylation sites (tertiary alicyclic amines) is 2. The van der Waals surface area contributed by atoms with E-state index in [2.05, 4.69) is 22.0 Å². The molecule has 2 rings (SSSR count). The lowest BCUT2D eigenvalue weighted by Gasteiger charge is -2.36. The van der Waals surface area contributed by atoms with Crippen LogP contribution in [0.15, 0.2) is 0 Å². The molecule has 2 aliphatic rings. The molecule has 0 aliphatic carbocycles. The third-order valence-corrected chi connectivity index (χ3v) is 3.99. The number of urea groups is 1. The number of hydrogen-bond donors (Lipinski definition) is 1. The third kappa shape index (κ3) is 2.92. The van der Waals surface area contributed by atoms with Gasteiger partial charge in [-0.15, -0.1) is 0 Å². The fourth-order valence-electron chi connectivity index (χ4n) is 3.08. The summed E-state index contributed by atoms with van der Waals surface area (Å²) in [5.41, 5.74) is 0. The Morgan fingerprint density at radius 2 is 2.06 bits per heavy atom. The van der Waals surface area contributed by atoms with Crippen molar-refractivity contribution in [1.29, 1.82) is 0 Å². The van der Waals surface area contributed by atoms with Gasteiger partial charge in [0.25, 0.3) is 0 Å². The number of nitrogens with zero attached hydrogens (tertiary/aromatic N) is 2.